The van der Waals surface area contributed by atoms with E-state index in [9.17, 15) is 18.0 Å². The predicted molar refractivity (Wildman–Crippen MR) is 95.3 cm³/mol. The number of hydrogen-bond acceptors (Lipinski definition) is 2. The summed E-state index contributed by atoms with van der Waals surface area (Å²) in [5, 5.41) is 4.87. The van der Waals surface area contributed by atoms with Crippen LogP contribution in [0, 0.1) is 11.4 Å². The number of nitrogens with two attached hydrogens (primary N) is 1. The number of alkyl halides is 3. The van der Waals surface area contributed by atoms with Gasteiger partial charge in [0.2, 0.25) is 6.54 Å². The molecule has 1 aliphatic heterocycles. The first kappa shape index (κ1) is 17.6. The second kappa shape index (κ2) is 6.71. The van der Waals surface area contributed by atoms with Crippen LogP contribution in [0.5, 0.6) is 0 Å². The summed E-state index contributed by atoms with van der Waals surface area (Å²) in [7, 11) is 0. The van der Waals surface area contributed by atoms with Gasteiger partial charge in [0.15, 0.2) is 16.7 Å². The van der Waals surface area contributed by atoms with Crippen LogP contribution in [0.25, 0.3) is 10.9 Å². The van der Waals surface area contributed by atoms with Crippen molar-refractivity contribution in [3.8, 4) is 0 Å². The first-order chi connectivity index (χ1) is 12.9. The standard InChI is InChI=1S/C19H14F3N3OS/c20-19(21,22)11-25-9-14(13-5-1-2-6-16(13)25)17(26)15-10-27-18(24-15)12-4-3-7-23-8-12/h1-10H,11,24H2. The van der Waals surface area contributed by atoms with Crippen molar-refractivity contribution in [1.29, 1.82) is 0 Å². The highest BCUT2D eigenvalue weighted by molar-refractivity contribution is 7.81. The molecule has 0 fully saturated rings. The molecule has 0 saturated carbocycles. The average Bonchev–Trinajstić information content (AvgIpc) is 3.27. The zero-order valence-electron chi connectivity index (χ0n) is 13.9. The van der Waals surface area contributed by atoms with E-state index in [1.165, 1.54) is 17.5 Å². The first-order valence-corrected chi connectivity index (χ1v) is 8.98. The minimum atomic E-state index is -4.36. The Labute approximate surface area is 157 Å². The molecule has 0 radical (unpaired) electrons. The van der Waals surface area contributed by atoms with E-state index in [4.69, 9.17) is 0 Å². The number of para-hydroxylation sites is 1. The minimum Gasteiger partial charge on any atom is -0.346 e. The number of carbonyl (C=O) groups excluding carboxylic acids is 1. The maximum atomic E-state index is 13.0. The van der Waals surface area contributed by atoms with E-state index in [2.05, 4.69) is 4.98 Å². The zero-order chi connectivity index (χ0) is 19.0. The SMILES string of the molecule is O=C(c1c[n+](CC(F)(F)F)[c-]2ccccc12)[C-]1C=[S+][C-](c2cccnc2)[NH2+]1. The molecule has 0 saturated heterocycles. The highest BCUT2D eigenvalue weighted by Crippen LogP contribution is 2.22. The van der Waals surface area contributed by atoms with Crippen molar-refractivity contribution in [2.24, 2.45) is 0 Å². The van der Waals surface area contributed by atoms with Gasteiger partial charge in [-0.3, -0.25) is 4.57 Å². The molecule has 3 aromatic rings. The fraction of sp³-hybridized carbons (Fsp3) is 0.105. The van der Waals surface area contributed by atoms with Gasteiger partial charge in [0.05, 0.1) is 11.8 Å². The summed E-state index contributed by atoms with van der Waals surface area (Å²) in [6, 6.07) is 10.8. The van der Waals surface area contributed by atoms with Crippen molar-refractivity contribution < 1.29 is 27.8 Å². The van der Waals surface area contributed by atoms with E-state index in [0.29, 0.717) is 16.9 Å². The Morgan fingerprint density at radius 1 is 1.26 bits per heavy atom. The maximum Gasteiger partial charge on any atom is 0.447 e. The number of benzene rings is 1. The molecule has 27 heavy (non-hydrogen) atoms. The molecule has 4 rings (SSSR count). The summed E-state index contributed by atoms with van der Waals surface area (Å²) in [5.74, 6) is -0.293. The van der Waals surface area contributed by atoms with Gasteiger partial charge in [-0.25, -0.2) is 0 Å². The van der Waals surface area contributed by atoms with Gasteiger partial charge in [0.1, 0.15) is 5.52 Å². The van der Waals surface area contributed by atoms with Crippen molar-refractivity contribution in [3.63, 3.8) is 0 Å². The van der Waals surface area contributed by atoms with Gasteiger partial charge in [-0.1, -0.05) is 29.3 Å². The van der Waals surface area contributed by atoms with Crippen molar-refractivity contribution in [2.75, 3.05) is 0 Å². The van der Waals surface area contributed by atoms with Crippen LogP contribution in [-0.2, 0) is 17.9 Å². The van der Waals surface area contributed by atoms with Gasteiger partial charge in [0.25, 0.3) is 5.37 Å². The van der Waals surface area contributed by atoms with E-state index < -0.39 is 12.7 Å². The molecule has 3 heterocycles. The average molecular weight is 389 g/mol. The normalized spacial score (nSPS) is 14.3. The fourth-order valence-electron chi connectivity index (χ4n) is 3.02. The van der Waals surface area contributed by atoms with Crippen LogP contribution in [0.1, 0.15) is 15.9 Å². The second-order valence-electron chi connectivity index (χ2n) is 6.07. The fourth-order valence-corrected chi connectivity index (χ4v) is 3.90. The monoisotopic (exact) mass is 389 g/mol. The number of hydrogen-bond donors (Lipinski definition) is 1. The lowest BCUT2D eigenvalue weighted by Gasteiger charge is -2.14. The Bertz CT molecular complexity index is 1010. The molecule has 4 nitrogen and oxygen atoms in total. The number of nitrogens with zero attached hydrogens (tertiary/aromatic N) is 2. The van der Waals surface area contributed by atoms with E-state index in [-0.39, 0.29) is 11.3 Å². The van der Waals surface area contributed by atoms with E-state index >= 15 is 0 Å². The Hall–Kier alpha value is -2.84. The third-order valence-corrected chi connectivity index (χ3v) is 5.17. The molecule has 0 unspecified atom stereocenters. The Morgan fingerprint density at radius 3 is 2.85 bits per heavy atom. The number of Topliss-reactive ketones (excluding diaryl/α,β-unsaturated/α-hetero) is 1. The van der Waals surface area contributed by atoms with Gasteiger partial charge in [-0.05, 0) is 11.8 Å². The molecule has 0 amide bonds. The minimum absolute atomic E-state index is 0.269. The number of halogens is 3. The molecule has 0 spiro atoms. The maximum absolute atomic E-state index is 13.0. The Balaban J connectivity index is 1.63. The summed E-state index contributed by atoms with van der Waals surface area (Å²) < 4.78 is 39.7. The highest BCUT2D eigenvalue weighted by atomic mass is 32.1. The smallest absolute Gasteiger partial charge is 0.346 e. The van der Waals surface area contributed by atoms with Crippen LogP contribution in [0.15, 0.2) is 55.0 Å². The number of pyridine rings is 1. The first-order valence-electron chi connectivity index (χ1n) is 8.10. The largest absolute Gasteiger partial charge is 0.447 e. The van der Waals surface area contributed by atoms with Crippen LogP contribution in [-0.4, -0.2) is 22.3 Å². The third kappa shape index (κ3) is 3.54. The summed E-state index contributed by atoms with van der Waals surface area (Å²) >= 11 is 1.40. The van der Waals surface area contributed by atoms with Crippen molar-refractivity contribution in [1.82, 2.24) is 4.98 Å². The Morgan fingerprint density at radius 2 is 2.11 bits per heavy atom. The second-order valence-corrected chi connectivity index (χ2v) is 6.98. The zero-order valence-corrected chi connectivity index (χ0v) is 14.7. The summed E-state index contributed by atoms with van der Waals surface area (Å²) in [4.78, 5) is 17.0. The number of quaternary nitrogens is 1. The Kier molecular flexibility index (Phi) is 4.37. The predicted octanol–water partition coefficient (Wildman–Crippen LogP) is 1.52. The van der Waals surface area contributed by atoms with Crippen molar-refractivity contribution in [2.45, 2.75) is 12.7 Å². The molecule has 0 aliphatic carbocycles. The molecular formula is C19H14F3N3OS. The van der Waals surface area contributed by atoms with Crippen LogP contribution in [0.4, 0.5) is 13.2 Å². The molecule has 0 bridgehead atoms. The van der Waals surface area contributed by atoms with E-state index in [1.54, 1.807) is 53.4 Å². The van der Waals surface area contributed by atoms with Gasteiger partial charge in [-0.15, -0.1) is 24.3 Å². The summed E-state index contributed by atoms with van der Waals surface area (Å²) in [5.41, 5.74) is 1.55. The molecule has 8 heteroatoms. The topological polar surface area (TPSA) is 50.5 Å². The molecule has 1 aromatic carbocycles. The van der Waals surface area contributed by atoms with Crippen LogP contribution in [0.2, 0.25) is 0 Å². The van der Waals surface area contributed by atoms with E-state index in [0.717, 1.165) is 15.5 Å². The number of fused-ring (bicyclic) bond motifs is 1. The lowest BCUT2D eigenvalue weighted by Crippen LogP contribution is -2.86. The van der Waals surface area contributed by atoms with E-state index in [1.807, 2.05) is 6.07 Å². The third-order valence-electron chi connectivity index (χ3n) is 4.19. The van der Waals surface area contributed by atoms with Crippen LogP contribution < -0.4 is 9.88 Å². The van der Waals surface area contributed by atoms with Gasteiger partial charge >= 0.3 is 6.18 Å². The highest BCUT2D eigenvalue weighted by Gasteiger charge is 2.35. The van der Waals surface area contributed by atoms with Crippen molar-refractivity contribution in [3.05, 3.63) is 77.5 Å². The quantitative estimate of drug-likeness (QED) is 0.242. The van der Waals surface area contributed by atoms with Gasteiger partial charge in [-0.2, -0.15) is 13.2 Å². The number of carbonyl (C=O) groups is 1. The molecule has 0 atom stereocenters. The van der Waals surface area contributed by atoms with Gasteiger partial charge in [0, 0.05) is 6.20 Å². The molecule has 2 N–H and O–H groups in total. The van der Waals surface area contributed by atoms with Crippen LogP contribution in [0.3, 0.4) is 0 Å². The number of rotatable bonds is 4. The number of ketones is 1. The van der Waals surface area contributed by atoms with Crippen LogP contribution >= 0.6 is 0 Å². The number of aromatic nitrogens is 2. The molecular weight excluding hydrogens is 375 g/mol. The molecule has 2 aromatic heterocycles. The van der Waals surface area contributed by atoms with Crippen molar-refractivity contribution >= 4 is 33.4 Å². The summed E-state index contributed by atoms with van der Waals surface area (Å²) in [6.45, 7) is -1.13. The summed E-state index contributed by atoms with van der Waals surface area (Å²) in [6.07, 6.45) is 0.299. The van der Waals surface area contributed by atoms with Gasteiger partial charge < -0.3 is 15.1 Å². The molecule has 138 valence electrons. The lowest BCUT2D eigenvalue weighted by atomic mass is 10.0. The lowest BCUT2D eigenvalue weighted by molar-refractivity contribution is -0.693. The molecule has 1 aliphatic rings.